The molecular weight excluding hydrogens is 234 g/mol. The Morgan fingerprint density at radius 1 is 1.31 bits per heavy atom. The van der Waals surface area contributed by atoms with Gasteiger partial charge in [0, 0.05) is 33.9 Å². The summed E-state index contributed by atoms with van der Waals surface area (Å²) in [7, 11) is 5.57. The van der Waals surface area contributed by atoms with Crippen molar-refractivity contribution in [3.63, 3.8) is 0 Å². The van der Waals surface area contributed by atoms with Crippen LogP contribution in [0.4, 0.5) is 0 Å². The van der Waals surface area contributed by atoms with Gasteiger partial charge in [0.15, 0.2) is 0 Å². The van der Waals surface area contributed by atoms with Crippen molar-refractivity contribution in [1.82, 2.24) is 4.90 Å². The summed E-state index contributed by atoms with van der Waals surface area (Å²) in [5.74, 6) is 0. The first kappa shape index (κ1) is 13.4. The standard InChI is InChI=1S/C9H20BrNO2/c1-11(5-4-6-12-2)7-9(10)8-13-3/h9H,4-8H2,1-3H3. The minimum atomic E-state index is 0.421. The van der Waals surface area contributed by atoms with Crippen LogP contribution in [0.15, 0.2) is 0 Å². The molecule has 0 aromatic carbocycles. The van der Waals surface area contributed by atoms with E-state index in [-0.39, 0.29) is 0 Å². The van der Waals surface area contributed by atoms with E-state index in [9.17, 15) is 0 Å². The van der Waals surface area contributed by atoms with Crippen molar-refractivity contribution in [2.24, 2.45) is 0 Å². The predicted octanol–water partition coefficient (Wildman–Crippen LogP) is 1.36. The van der Waals surface area contributed by atoms with E-state index in [1.54, 1.807) is 14.2 Å². The van der Waals surface area contributed by atoms with Crippen LogP contribution in [-0.2, 0) is 9.47 Å². The predicted molar refractivity (Wildman–Crippen MR) is 58.6 cm³/mol. The highest BCUT2D eigenvalue weighted by atomic mass is 79.9. The van der Waals surface area contributed by atoms with Crippen LogP contribution in [0.2, 0.25) is 0 Å². The summed E-state index contributed by atoms with van der Waals surface area (Å²) >= 11 is 3.55. The number of hydrogen-bond acceptors (Lipinski definition) is 3. The zero-order valence-electron chi connectivity index (χ0n) is 8.75. The Labute approximate surface area is 89.5 Å². The van der Waals surface area contributed by atoms with Gasteiger partial charge >= 0.3 is 0 Å². The normalized spacial score (nSPS) is 13.6. The molecule has 0 aliphatic rings. The third-order valence-electron chi connectivity index (χ3n) is 1.75. The Bertz CT molecular complexity index is 114. The number of rotatable bonds is 8. The van der Waals surface area contributed by atoms with Crippen LogP contribution < -0.4 is 0 Å². The molecule has 0 bridgehead atoms. The van der Waals surface area contributed by atoms with Crippen molar-refractivity contribution in [2.45, 2.75) is 11.2 Å². The Morgan fingerprint density at radius 2 is 2.00 bits per heavy atom. The molecule has 0 radical (unpaired) electrons. The molecule has 80 valence electrons. The van der Waals surface area contributed by atoms with Gasteiger partial charge in [0.2, 0.25) is 0 Å². The molecule has 0 aliphatic carbocycles. The fourth-order valence-electron chi connectivity index (χ4n) is 1.14. The first-order valence-electron chi connectivity index (χ1n) is 4.51. The third kappa shape index (κ3) is 8.68. The molecular formula is C9H20BrNO2. The van der Waals surface area contributed by atoms with Crippen molar-refractivity contribution >= 4 is 15.9 Å². The van der Waals surface area contributed by atoms with Crippen LogP contribution in [-0.4, -0.2) is 57.3 Å². The highest BCUT2D eigenvalue weighted by molar-refractivity contribution is 9.09. The number of alkyl halides is 1. The molecule has 3 nitrogen and oxygen atoms in total. The molecule has 13 heavy (non-hydrogen) atoms. The molecule has 4 heteroatoms. The van der Waals surface area contributed by atoms with E-state index in [0.29, 0.717) is 4.83 Å². The van der Waals surface area contributed by atoms with Crippen LogP contribution >= 0.6 is 15.9 Å². The van der Waals surface area contributed by atoms with Gasteiger partial charge in [-0.2, -0.15) is 0 Å². The quantitative estimate of drug-likeness (QED) is 0.482. The molecule has 1 atom stereocenters. The second-order valence-corrected chi connectivity index (χ2v) is 4.46. The number of halogens is 1. The van der Waals surface area contributed by atoms with Gasteiger partial charge in [0.05, 0.1) is 11.4 Å². The molecule has 0 aromatic heterocycles. The summed E-state index contributed by atoms with van der Waals surface area (Å²) in [5, 5.41) is 0. The minimum absolute atomic E-state index is 0.421. The molecule has 0 amide bonds. The van der Waals surface area contributed by atoms with Gasteiger partial charge in [-0.3, -0.25) is 0 Å². The first-order valence-corrected chi connectivity index (χ1v) is 5.42. The van der Waals surface area contributed by atoms with Crippen LogP contribution in [0.25, 0.3) is 0 Å². The smallest absolute Gasteiger partial charge is 0.0600 e. The van der Waals surface area contributed by atoms with Gasteiger partial charge in [0.1, 0.15) is 0 Å². The van der Waals surface area contributed by atoms with Crippen molar-refractivity contribution in [2.75, 3.05) is 47.6 Å². The highest BCUT2D eigenvalue weighted by Gasteiger charge is 2.06. The second kappa shape index (κ2) is 8.94. The van der Waals surface area contributed by atoms with Crippen LogP contribution in [0.3, 0.4) is 0 Å². The van der Waals surface area contributed by atoms with Gasteiger partial charge in [-0.05, 0) is 13.5 Å². The van der Waals surface area contributed by atoms with Crippen molar-refractivity contribution in [1.29, 1.82) is 0 Å². The van der Waals surface area contributed by atoms with E-state index in [2.05, 4.69) is 27.9 Å². The van der Waals surface area contributed by atoms with E-state index in [4.69, 9.17) is 9.47 Å². The molecule has 0 fully saturated rings. The van der Waals surface area contributed by atoms with E-state index < -0.39 is 0 Å². The average Bonchev–Trinajstić information content (AvgIpc) is 2.05. The lowest BCUT2D eigenvalue weighted by atomic mass is 10.3. The molecule has 0 aromatic rings. The van der Waals surface area contributed by atoms with Crippen LogP contribution in [0.5, 0.6) is 0 Å². The fraction of sp³-hybridized carbons (Fsp3) is 1.00. The molecule has 0 spiro atoms. The van der Waals surface area contributed by atoms with E-state index >= 15 is 0 Å². The monoisotopic (exact) mass is 253 g/mol. The van der Waals surface area contributed by atoms with Gasteiger partial charge in [-0.15, -0.1) is 0 Å². The SMILES string of the molecule is COCCCN(C)CC(Br)COC. The largest absolute Gasteiger partial charge is 0.385 e. The van der Waals surface area contributed by atoms with Gasteiger partial charge in [0.25, 0.3) is 0 Å². The number of ether oxygens (including phenoxy) is 2. The summed E-state index contributed by atoms with van der Waals surface area (Å²) < 4.78 is 10.0. The zero-order valence-corrected chi connectivity index (χ0v) is 10.3. The van der Waals surface area contributed by atoms with E-state index in [1.165, 1.54) is 0 Å². The summed E-state index contributed by atoms with van der Waals surface area (Å²) in [6.07, 6.45) is 1.08. The molecule has 0 heterocycles. The van der Waals surface area contributed by atoms with Gasteiger partial charge in [-0.1, -0.05) is 15.9 Å². The summed E-state index contributed by atoms with van der Waals surface area (Å²) in [5.41, 5.74) is 0. The molecule has 0 saturated heterocycles. The van der Waals surface area contributed by atoms with E-state index in [0.717, 1.165) is 32.7 Å². The second-order valence-electron chi connectivity index (χ2n) is 3.16. The molecule has 0 saturated carbocycles. The fourth-order valence-corrected chi connectivity index (χ4v) is 1.90. The van der Waals surface area contributed by atoms with Crippen molar-refractivity contribution < 1.29 is 9.47 Å². The minimum Gasteiger partial charge on any atom is -0.385 e. The van der Waals surface area contributed by atoms with Crippen LogP contribution in [0, 0.1) is 0 Å². The number of methoxy groups -OCH3 is 2. The summed E-state index contributed by atoms with van der Waals surface area (Å²) in [4.78, 5) is 2.70. The maximum absolute atomic E-state index is 5.03. The number of nitrogens with zero attached hydrogens (tertiary/aromatic N) is 1. The third-order valence-corrected chi connectivity index (χ3v) is 2.30. The molecule has 0 rings (SSSR count). The van der Waals surface area contributed by atoms with Crippen LogP contribution in [0.1, 0.15) is 6.42 Å². The maximum Gasteiger partial charge on any atom is 0.0600 e. The Kier molecular flexibility index (Phi) is 9.18. The lowest BCUT2D eigenvalue weighted by Gasteiger charge is -2.19. The topological polar surface area (TPSA) is 21.7 Å². The molecule has 0 N–H and O–H groups in total. The maximum atomic E-state index is 5.03. The number of hydrogen-bond donors (Lipinski definition) is 0. The van der Waals surface area contributed by atoms with E-state index in [1.807, 2.05) is 0 Å². The Balaban J connectivity index is 3.32. The summed E-state index contributed by atoms with van der Waals surface area (Å²) in [6, 6.07) is 0. The van der Waals surface area contributed by atoms with Gasteiger partial charge < -0.3 is 14.4 Å². The lowest BCUT2D eigenvalue weighted by Crippen LogP contribution is -2.29. The lowest BCUT2D eigenvalue weighted by molar-refractivity contribution is 0.167. The first-order chi connectivity index (χ1) is 6.20. The Hall–Kier alpha value is 0.360. The Morgan fingerprint density at radius 3 is 2.54 bits per heavy atom. The molecule has 0 aliphatic heterocycles. The summed E-state index contributed by atoms with van der Waals surface area (Å²) in [6.45, 7) is 3.67. The van der Waals surface area contributed by atoms with Crippen molar-refractivity contribution in [3.8, 4) is 0 Å². The van der Waals surface area contributed by atoms with Gasteiger partial charge in [-0.25, -0.2) is 0 Å². The highest BCUT2D eigenvalue weighted by Crippen LogP contribution is 2.02. The average molecular weight is 254 g/mol. The zero-order chi connectivity index (χ0) is 10.1. The molecule has 1 unspecified atom stereocenters. The van der Waals surface area contributed by atoms with Crippen molar-refractivity contribution in [3.05, 3.63) is 0 Å².